The molecule has 0 heterocycles. The van der Waals surface area contributed by atoms with Crippen LogP contribution in [-0.4, -0.2) is 0 Å². The molecule has 0 aromatic heterocycles. The number of allylic oxidation sites excluding steroid dienone is 2. The maximum absolute atomic E-state index is 2.56. The van der Waals surface area contributed by atoms with Crippen molar-refractivity contribution >= 4 is 10.8 Å². The van der Waals surface area contributed by atoms with Crippen LogP contribution in [-0.2, 0) is 11.8 Å². The summed E-state index contributed by atoms with van der Waals surface area (Å²) >= 11 is 0. The second-order valence-electron chi connectivity index (χ2n) is 8.64. The van der Waals surface area contributed by atoms with Crippen molar-refractivity contribution in [3.8, 4) is 11.1 Å². The third-order valence-corrected chi connectivity index (χ3v) is 7.28. The average Bonchev–Trinajstić information content (AvgIpc) is 3.29. The van der Waals surface area contributed by atoms with Gasteiger partial charge in [0.05, 0.1) is 0 Å². The molecule has 3 aliphatic rings. The molecule has 2 bridgehead atoms. The first-order valence-corrected chi connectivity index (χ1v) is 10.1. The molecule has 3 atom stereocenters. The first-order chi connectivity index (χ1) is 12.8. The normalized spacial score (nSPS) is 28.8. The fraction of sp³-hybridized carbons (Fsp3) is 0.308. The van der Waals surface area contributed by atoms with Crippen LogP contribution in [0.4, 0.5) is 0 Å². The molecule has 26 heavy (non-hydrogen) atoms. The second-order valence-corrected chi connectivity index (χ2v) is 8.64. The first-order valence-electron chi connectivity index (χ1n) is 10.1. The zero-order valence-corrected chi connectivity index (χ0v) is 15.1. The second kappa shape index (κ2) is 5.33. The quantitative estimate of drug-likeness (QED) is 0.435. The molecule has 3 unspecified atom stereocenters. The molecule has 0 aliphatic heterocycles. The molecule has 1 fully saturated rings. The lowest BCUT2D eigenvalue weighted by Crippen LogP contribution is -2.34. The standard InChI is InChI=1S/C26H24/c1-2-5-19(6-3-1)20-9-10-21-14-22-7-4-12-26(25(22)16-23(21)15-20)17-18-8-11-24(26)13-18/h1-3,5-6,8-11,14-16,18,24H,4,7,12-13,17H2. The van der Waals surface area contributed by atoms with E-state index in [1.807, 2.05) is 0 Å². The predicted octanol–water partition coefficient (Wildman–Crippen LogP) is 6.68. The Balaban J connectivity index is 1.53. The molecule has 0 nitrogen and oxygen atoms in total. The van der Waals surface area contributed by atoms with Gasteiger partial charge in [0.15, 0.2) is 0 Å². The van der Waals surface area contributed by atoms with Crippen molar-refractivity contribution in [2.24, 2.45) is 11.8 Å². The summed E-state index contributed by atoms with van der Waals surface area (Å²) in [5.74, 6) is 1.61. The zero-order valence-electron chi connectivity index (χ0n) is 15.1. The Bertz CT molecular complexity index is 1030. The number of benzene rings is 3. The van der Waals surface area contributed by atoms with Crippen molar-refractivity contribution in [3.05, 3.63) is 83.9 Å². The number of hydrogen-bond donors (Lipinski definition) is 0. The predicted molar refractivity (Wildman–Crippen MR) is 109 cm³/mol. The van der Waals surface area contributed by atoms with Crippen molar-refractivity contribution in [3.63, 3.8) is 0 Å². The van der Waals surface area contributed by atoms with Gasteiger partial charge in [-0.05, 0) is 83.0 Å². The number of hydrogen-bond acceptors (Lipinski definition) is 0. The number of fused-ring (bicyclic) bond motifs is 6. The Morgan fingerprint density at radius 3 is 2.54 bits per heavy atom. The van der Waals surface area contributed by atoms with Gasteiger partial charge in [0.25, 0.3) is 0 Å². The molecule has 0 radical (unpaired) electrons. The van der Waals surface area contributed by atoms with E-state index in [9.17, 15) is 0 Å². The van der Waals surface area contributed by atoms with Crippen molar-refractivity contribution in [2.75, 3.05) is 0 Å². The van der Waals surface area contributed by atoms with Crippen molar-refractivity contribution in [1.29, 1.82) is 0 Å². The Morgan fingerprint density at radius 2 is 1.73 bits per heavy atom. The minimum Gasteiger partial charge on any atom is -0.0851 e. The topological polar surface area (TPSA) is 0 Å². The van der Waals surface area contributed by atoms with Crippen LogP contribution >= 0.6 is 0 Å². The van der Waals surface area contributed by atoms with Crippen LogP contribution < -0.4 is 0 Å². The van der Waals surface area contributed by atoms with E-state index >= 15 is 0 Å². The molecule has 0 heteroatoms. The molecule has 0 N–H and O–H groups in total. The van der Waals surface area contributed by atoms with Crippen LogP contribution in [0.15, 0.2) is 72.8 Å². The molecule has 1 spiro atoms. The molecule has 3 aliphatic carbocycles. The summed E-state index contributed by atoms with van der Waals surface area (Å²) < 4.78 is 0. The largest absolute Gasteiger partial charge is 0.0851 e. The lowest BCUT2D eigenvalue weighted by Gasteiger charge is -2.41. The van der Waals surface area contributed by atoms with E-state index in [0.29, 0.717) is 5.41 Å². The van der Waals surface area contributed by atoms with E-state index in [1.54, 1.807) is 11.1 Å². The van der Waals surface area contributed by atoms with Gasteiger partial charge in [0.1, 0.15) is 0 Å². The highest BCUT2D eigenvalue weighted by Gasteiger charge is 2.50. The molecule has 6 rings (SSSR count). The van der Waals surface area contributed by atoms with E-state index in [2.05, 4.69) is 72.8 Å². The van der Waals surface area contributed by atoms with Crippen LogP contribution in [0.3, 0.4) is 0 Å². The molecule has 0 amide bonds. The van der Waals surface area contributed by atoms with Gasteiger partial charge < -0.3 is 0 Å². The summed E-state index contributed by atoms with van der Waals surface area (Å²) in [6, 6.07) is 22.8. The summed E-state index contributed by atoms with van der Waals surface area (Å²) in [7, 11) is 0. The minimum absolute atomic E-state index is 0.434. The van der Waals surface area contributed by atoms with E-state index < -0.39 is 0 Å². The van der Waals surface area contributed by atoms with Crippen LogP contribution in [0, 0.1) is 11.8 Å². The molecule has 3 aromatic rings. The molecule has 128 valence electrons. The Hall–Kier alpha value is -2.34. The SMILES string of the molecule is C1=CC2CC1CC21CCCc2cc3ccc(-c4ccccc4)cc3cc21. The maximum atomic E-state index is 2.56. The van der Waals surface area contributed by atoms with E-state index in [4.69, 9.17) is 0 Å². The Morgan fingerprint density at radius 1 is 0.808 bits per heavy atom. The third kappa shape index (κ3) is 2.02. The van der Waals surface area contributed by atoms with Gasteiger partial charge in [-0.2, -0.15) is 0 Å². The van der Waals surface area contributed by atoms with Gasteiger partial charge in [-0.25, -0.2) is 0 Å². The first kappa shape index (κ1) is 14.8. The van der Waals surface area contributed by atoms with E-state index in [1.165, 1.54) is 54.0 Å². The van der Waals surface area contributed by atoms with Crippen LogP contribution in [0.1, 0.15) is 36.8 Å². The minimum atomic E-state index is 0.434. The lowest BCUT2D eigenvalue weighted by molar-refractivity contribution is 0.304. The van der Waals surface area contributed by atoms with Gasteiger partial charge in [0.2, 0.25) is 0 Å². The van der Waals surface area contributed by atoms with Crippen molar-refractivity contribution < 1.29 is 0 Å². The monoisotopic (exact) mass is 336 g/mol. The van der Waals surface area contributed by atoms with Crippen LogP contribution in [0.2, 0.25) is 0 Å². The van der Waals surface area contributed by atoms with Gasteiger partial charge in [-0.3, -0.25) is 0 Å². The molecule has 0 saturated heterocycles. The maximum Gasteiger partial charge on any atom is 0.00246 e. The van der Waals surface area contributed by atoms with Gasteiger partial charge in [-0.1, -0.05) is 66.7 Å². The summed E-state index contributed by atoms with van der Waals surface area (Å²) in [4.78, 5) is 0. The summed E-state index contributed by atoms with van der Waals surface area (Å²) in [5, 5.41) is 2.82. The van der Waals surface area contributed by atoms with Crippen molar-refractivity contribution in [2.45, 2.75) is 37.5 Å². The molecule has 1 saturated carbocycles. The fourth-order valence-electron chi connectivity index (χ4n) is 6.11. The smallest absolute Gasteiger partial charge is 0.00246 e. The molecule has 3 aromatic carbocycles. The zero-order chi connectivity index (χ0) is 17.1. The molecular weight excluding hydrogens is 312 g/mol. The van der Waals surface area contributed by atoms with Crippen LogP contribution in [0.5, 0.6) is 0 Å². The van der Waals surface area contributed by atoms with Crippen LogP contribution in [0.25, 0.3) is 21.9 Å². The van der Waals surface area contributed by atoms with Gasteiger partial charge >= 0.3 is 0 Å². The third-order valence-electron chi connectivity index (χ3n) is 7.28. The number of aryl methyl sites for hydroxylation is 1. The summed E-state index contributed by atoms with van der Waals surface area (Å²) in [6.45, 7) is 0. The van der Waals surface area contributed by atoms with Crippen molar-refractivity contribution in [1.82, 2.24) is 0 Å². The lowest BCUT2D eigenvalue weighted by atomic mass is 9.63. The average molecular weight is 336 g/mol. The Kier molecular flexibility index (Phi) is 3.03. The van der Waals surface area contributed by atoms with E-state index in [0.717, 1.165) is 11.8 Å². The highest BCUT2D eigenvalue weighted by atomic mass is 14.5. The fourth-order valence-corrected chi connectivity index (χ4v) is 6.11. The Labute approximate surface area is 155 Å². The highest BCUT2D eigenvalue weighted by Crippen LogP contribution is 2.58. The summed E-state index contributed by atoms with van der Waals surface area (Å²) in [6.07, 6.45) is 11.8. The highest BCUT2D eigenvalue weighted by molar-refractivity contribution is 5.89. The number of rotatable bonds is 1. The van der Waals surface area contributed by atoms with Gasteiger partial charge in [-0.15, -0.1) is 0 Å². The summed E-state index contributed by atoms with van der Waals surface area (Å²) in [5.41, 5.74) is 6.38. The van der Waals surface area contributed by atoms with Gasteiger partial charge in [0, 0.05) is 5.41 Å². The van der Waals surface area contributed by atoms with E-state index in [-0.39, 0.29) is 0 Å². The molecular formula is C26H24.